The second-order valence-corrected chi connectivity index (χ2v) is 5.78. The average molecular weight is 401 g/mol. The number of carboxylic acids is 1. The number of halogens is 3. The number of nitriles is 1. The number of hydrogen-bond acceptors (Lipinski definition) is 5. The van der Waals surface area contributed by atoms with Crippen LogP contribution in [0.2, 0.25) is 0 Å². The number of aromatic carboxylic acids is 1. The van der Waals surface area contributed by atoms with Gasteiger partial charge in [-0.2, -0.15) is 18.4 Å². The third-order valence-corrected chi connectivity index (χ3v) is 3.87. The van der Waals surface area contributed by atoms with Crippen LogP contribution in [-0.4, -0.2) is 22.1 Å². The maximum atomic E-state index is 12.6. The van der Waals surface area contributed by atoms with E-state index in [-0.39, 0.29) is 33.8 Å². The van der Waals surface area contributed by atoms with Gasteiger partial charge in [-0.25, -0.2) is 4.79 Å². The van der Waals surface area contributed by atoms with Gasteiger partial charge in [0.2, 0.25) is 0 Å². The largest absolute Gasteiger partial charge is 0.478 e. The first-order valence-corrected chi connectivity index (χ1v) is 7.92. The summed E-state index contributed by atoms with van der Waals surface area (Å²) in [6.45, 7) is 0. The molecule has 1 aromatic heterocycles. The molecule has 0 spiro atoms. The van der Waals surface area contributed by atoms with E-state index in [4.69, 9.17) is 9.78 Å². The lowest BCUT2D eigenvalue weighted by molar-refractivity contribution is -0.137. The highest BCUT2D eigenvalue weighted by Gasteiger charge is 2.30. The fraction of sp³-hybridized carbons (Fsp3) is 0.0526. The highest BCUT2D eigenvalue weighted by molar-refractivity contribution is 6.07. The zero-order valence-electron chi connectivity index (χ0n) is 14.3. The number of nitrogens with zero attached hydrogens (tertiary/aromatic N) is 2. The summed E-state index contributed by atoms with van der Waals surface area (Å²) >= 11 is 0. The summed E-state index contributed by atoms with van der Waals surface area (Å²) in [5.41, 5.74) is -1.01. The van der Waals surface area contributed by atoms with Crippen molar-refractivity contribution in [3.8, 4) is 17.4 Å². The number of alkyl halides is 3. The fourth-order valence-electron chi connectivity index (χ4n) is 2.43. The van der Waals surface area contributed by atoms with E-state index in [0.717, 1.165) is 18.2 Å². The Morgan fingerprint density at radius 3 is 2.38 bits per heavy atom. The summed E-state index contributed by atoms with van der Waals surface area (Å²) in [4.78, 5) is 23.7. The molecule has 3 aromatic rings. The van der Waals surface area contributed by atoms with Crippen molar-refractivity contribution in [2.24, 2.45) is 0 Å². The predicted molar refractivity (Wildman–Crippen MR) is 93.0 cm³/mol. The van der Waals surface area contributed by atoms with E-state index < -0.39 is 23.6 Å². The number of benzene rings is 2. The van der Waals surface area contributed by atoms with Crippen LogP contribution in [-0.2, 0) is 6.18 Å². The molecule has 0 fully saturated rings. The third kappa shape index (κ3) is 4.24. The predicted octanol–water partition coefficient (Wildman–Crippen LogP) is 4.18. The molecule has 0 atom stereocenters. The number of hydrogen-bond donors (Lipinski definition) is 2. The van der Waals surface area contributed by atoms with Gasteiger partial charge < -0.3 is 14.9 Å². The maximum Gasteiger partial charge on any atom is 0.416 e. The number of carboxylic acid groups (broad SMARTS) is 1. The van der Waals surface area contributed by atoms with Gasteiger partial charge in [-0.05, 0) is 30.3 Å². The van der Waals surface area contributed by atoms with Crippen LogP contribution in [0, 0.1) is 11.3 Å². The molecule has 0 radical (unpaired) electrons. The van der Waals surface area contributed by atoms with Crippen molar-refractivity contribution < 1.29 is 32.4 Å². The molecule has 0 saturated carbocycles. The van der Waals surface area contributed by atoms with Crippen molar-refractivity contribution >= 4 is 17.6 Å². The van der Waals surface area contributed by atoms with Gasteiger partial charge in [0.25, 0.3) is 5.91 Å². The van der Waals surface area contributed by atoms with Gasteiger partial charge in [0.1, 0.15) is 0 Å². The monoisotopic (exact) mass is 401 g/mol. The molecule has 0 unspecified atom stereocenters. The first-order valence-electron chi connectivity index (χ1n) is 7.92. The molecular formula is C19H10F3N3O4. The number of carbonyl (C=O) groups excluding carboxylic acids is 1. The van der Waals surface area contributed by atoms with Crippen LogP contribution in [0.15, 0.2) is 53.1 Å². The Morgan fingerprint density at radius 1 is 1.10 bits per heavy atom. The number of amides is 1. The van der Waals surface area contributed by atoms with Crippen LogP contribution in [0.25, 0.3) is 11.3 Å². The van der Waals surface area contributed by atoms with Crippen LogP contribution >= 0.6 is 0 Å². The molecule has 0 aliphatic carbocycles. The van der Waals surface area contributed by atoms with Gasteiger partial charge in [-0.3, -0.25) is 4.79 Å². The Balaban J connectivity index is 1.82. The first kappa shape index (κ1) is 19.6. The maximum absolute atomic E-state index is 12.6. The molecule has 10 heteroatoms. The number of aromatic nitrogens is 1. The van der Waals surface area contributed by atoms with Crippen molar-refractivity contribution in [2.75, 3.05) is 5.32 Å². The topological polar surface area (TPSA) is 116 Å². The lowest BCUT2D eigenvalue weighted by atomic mass is 10.1. The van der Waals surface area contributed by atoms with E-state index in [9.17, 15) is 27.9 Å². The Hall–Kier alpha value is -4.13. The highest BCUT2D eigenvalue weighted by atomic mass is 19.4. The van der Waals surface area contributed by atoms with Crippen molar-refractivity contribution in [1.82, 2.24) is 5.16 Å². The zero-order valence-corrected chi connectivity index (χ0v) is 14.3. The molecular weight excluding hydrogens is 391 g/mol. The van der Waals surface area contributed by atoms with Crippen molar-refractivity contribution in [3.63, 3.8) is 0 Å². The molecule has 2 aromatic carbocycles. The zero-order chi connectivity index (χ0) is 21.2. The number of rotatable bonds is 4. The Labute approximate surface area is 161 Å². The quantitative estimate of drug-likeness (QED) is 0.677. The van der Waals surface area contributed by atoms with Gasteiger partial charge in [-0.1, -0.05) is 17.3 Å². The number of nitrogens with one attached hydrogen (secondary N) is 1. The van der Waals surface area contributed by atoms with Crippen molar-refractivity contribution in [3.05, 3.63) is 70.9 Å². The summed E-state index contributed by atoms with van der Waals surface area (Å²) in [7, 11) is 0. The van der Waals surface area contributed by atoms with E-state index in [1.807, 2.05) is 0 Å². The molecule has 7 nitrogen and oxygen atoms in total. The molecule has 3 rings (SSSR count). The van der Waals surface area contributed by atoms with Crippen molar-refractivity contribution in [1.29, 1.82) is 5.26 Å². The molecule has 29 heavy (non-hydrogen) atoms. The third-order valence-electron chi connectivity index (χ3n) is 3.87. The first-order chi connectivity index (χ1) is 13.7. The molecule has 0 aliphatic rings. The van der Waals surface area contributed by atoms with Gasteiger partial charge >= 0.3 is 12.1 Å². The van der Waals surface area contributed by atoms with Gasteiger partial charge in [0.15, 0.2) is 11.5 Å². The van der Waals surface area contributed by atoms with Crippen molar-refractivity contribution in [2.45, 2.75) is 6.18 Å². The highest BCUT2D eigenvalue weighted by Crippen LogP contribution is 2.31. The fourth-order valence-corrected chi connectivity index (χ4v) is 2.43. The lowest BCUT2D eigenvalue weighted by Crippen LogP contribution is -2.15. The minimum atomic E-state index is -4.48. The molecule has 1 amide bonds. The van der Waals surface area contributed by atoms with Gasteiger partial charge in [0.05, 0.1) is 28.4 Å². The van der Waals surface area contributed by atoms with E-state index in [1.165, 1.54) is 30.3 Å². The van der Waals surface area contributed by atoms with Gasteiger partial charge in [-0.15, -0.1) is 0 Å². The molecule has 0 saturated heterocycles. The lowest BCUT2D eigenvalue weighted by Gasteiger charge is -2.07. The van der Waals surface area contributed by atoms with E-state index in [2.05, 4.69) is 10.5 Å². The minimum Gasteiger partial charge on any atom is -0.478 e. The standard InChI is InChI=1S/C19H10F3N3O4/c20-19(21,22)12-4-2-11(3-5-12)16-8-15(25-29-16)17(26)24-14-6-1-10(9-23)7-13(14)18(27)28/h1-8H,(H,24,26)(H,27,28). The summed E-state index contributed by atoms with van der Waals surface area (Å²) in [6.07, 6.45) is -4.48. The second kappa shape index (κ2) is 7.47. The second-order valence-electron chi connectivity index (χ2n) is 5.78. The van der Waals surface area contributed by atoms with E-state index >= 15 is 0 Å². The Morgan fingerprint density at radius 2 is 1.79 bits per heavy atom. The van der Waals surface area contributed by atoms with E-state index in [1.54, 1.807) is 6.07 Å². The van der Waals surface area contributed by atoms with Crippen LogP contribution in [0.4, 0.5) is 18.9 Å². The van der Waals surface area contributed by atoms with Crippen LogP contribution in [0.5, 0.6) is 0 Å². The van der Waals surface area contributed by atoms with E-state index in [0.29, 0.717) is 0 Å². The summed E-state index contributed by atoms with van der Waals surface area (Å²) in [5.74, 6) is -2.08. The minimum absolute atomic E-state index is 0.0550. The van der Waals surface area contributed by atoms with Crippen LogP contribution in [0.1, 0.15) is 32.0 Å². The van der Waals surface area contributed by atoms with Gasteiger partial charge in [0, 0.05) is 11.6 Å². The Bertz CT molecular complexity index is 1130. The average Bonchev–Trinajstić information content (AvgIpc) is 3.18. The summed E-state index contributed by atoms with van der Waals surface area (Å²) in [5, 5.41) is 24.0. The SMILES string of the molecule is N#Cc1ccc(NC(=O)c2cc(-c3ccc(C(F)(F)F)cc3)on2)c(C(=O)O)c1. The summed E-state index contributed by atoms with van der Waals surface area (Å²) < 4.78 is 42.9. The molecule has 0 aliphatic heterocycles. The van der Waals surface area contributed by atoms with Crippen LogP contribution in [0.3, 0.4) is 0 Å². The number of carbonyl (C=O) groups is 2. The molecule has 2 N–H and O–H groups in total. The summed E-state index contributed by atoms with van der Waals surface area (Å²) in [6, 6.07) is 10.8. The Kier molecular flexibility index (Phi) is 5.06. The number of anilines is 1. The molecule has 0 bridgehead atoms. The van der Waals surface area contributed by atoms with Crippen LogP contribution < -0.4 is 5.32 Å². The molecule has 146 valence electrons. The smallest absolute Gasteiger partial charge is 0.416 e. The molecule has 1 heterocycles. The normalized spacial score (nSPS) is 11.0.